The van der Waals surface area contributed by atoms with Gasteiger partial charge in [0.05, 0.1) is 0 Å². The lowest BCUT2D eigenvalue weighted by molar-refractivity contribution is -0.330. The summed E-state index contributed by atoms with van der Waals surface area (Å²) in [6, 6.07) is 7.10. The number of alkyl halides is 7. The summed E-state index contributed by atoms with van der Waals surface area (Å²) in [6.45, 7) is 0. The molecule has 0 N–H and O–H groups in total. The molecule has 0 aliphatic rings. The van der Waals surface area contributed by atoms with Gasteiger partial charge in [-0.1, -0.05) is 50.1 Å². The molecule has 26 heavy (non-hydrogen) atoms. The zero-order chi connectivity index (χ0) is 19.9. The number of benzene rings is 2. The molecule has 0 aromatic heterocycles. The van der Waals surface area contributed by atoms with Crippen molar-refractivity contribution in [1.82, 2.24) is 0 Å². The Kier molecular flexibility index (Phi) is 6.04. The van der Waals surface area contributed by atoms with Crippen molar-refractivity contribution in [1.29, 1.82) is 0 Å². The fourth-order valence-corrected chi connectivity index (χ4v) is 4.67. The summed E-state index contributed by atoms with van der Waals surface area (Å²) in [5.41, 5.74) is -0.505. The molecule has 0 heterocycles. The van der Waals surface area contributed by atoms with E-state index in [1.807, 2.05) is 0 Å². The second kappa shape index (κ2) is 7.31. The fraction of sp³-hybridized carbons (Fsp3) is 0.200. The number of halogens is 10. The molecule has 2 aromatic rings. The van der Waals surface area contributed by atoms with Gasteiger partial charge < -0.3 is 0 Å². The first-order valence-corrected chi connectivity index (χ1v) is 8.93. The molecule has 0 saturated heterocycles. The topological polar surface area (TPSA) is 0 Å². The quantitative estimate of drug-likeness (QED) is 0.286. The van der Waals surface area contributed by atoms with Gasteiger partial charge in [-0.2, -0.15) is 30.7 Å². The van der Waals surface area contributed by atoms with Crippen molar-refractivity contribution >= 4 is 43.6 Å². The number of hydrogen-bond donors (Lipinski definition) is 0. The molecule has 0 unspecified atom stereocenters. The summed E-state index contributed by atoms with van der Waals surface area (Å²) in [5, 5.41) is -5.52. The minimum absolute atomic E-state index is 0.0330. The number of rotatable bonds is 4. The first-order chi connectivity index (χ1) is 11.8. The lowest BCUT2D eigenvalue weighted by Crippen LogP contribution is -2.49. The van der Waals surface area contributed by atoms with Crippen molar-refractivity contribution in [3.63, 3.8) is 0 Å². The summed E-state index contributed by atoms with van der Waals surface area (Å²) in [4.78, 5) is -0.662. The smallest absolute Gasteiger partial charge is 0.206 e. The van der Waals surface area contributed by atoms with Crippen LogP contribution in [0.15, 0.2) is 50.2 Å². The van der Waals surface area contributed by atoms with Crippen LogP contribution in [0.5, 0.6) is 0 Å². The maximum Gasteiger partial charge on any atom is 0.460 e. The Labute approximate surface area is 163 Å². The van der Waals surface area contributed by atoms with Crippen LogP contribution in [-0.4, -0.2) is 17.4 Å². The zero-order valence-corrected chi connectivity index (χ0v) is 16.1. The molecule has 2 rings (SSSR count). The standard InChI is InChI=1S/C15H6Br2F8S/c16-7-5-9(17)12(8-3-1-2-4-10(8)18)11(6-7)26-15(24,25)13(19,20)14(21,22)23/h1-6H. The van der Waals surface area contributed by atoms with E-state index in [0.29, 0.717) is 0 Å². The second-order valence-electron chi connectivity index (χ2n) is 4.93. The van der Waals surface area contributed by atoms with Crippen LogP contribution < -0.4 is 0 Å². The fourth-order valence-electron chi connectivity index (χ4n) is 1.92. The van der Waals surface area contributed by atoms with E-state index in [0.717, 1.165) is 12.1 Å². The molecule has 0 spiro atoms. The van der Waals surface area contributed by atoms with E-state index in [9.17, 15) is 35.1 Å². The Hall–Kier alpha value is -0.810. The van der Waals surface area contributed by atoms with Gasteiger partial charge in [-0.3, -0.25) is 0 Å². The molecule has 11 heteroatoms. The highest BCUT2D eigenvalue weighted by Gasteiger charge is 2.73. The van der Waals surface area contributed by atoms with Gasteiger partial charge in [0.2, 0.25) is 0 Å². The van der Waals surface area contributed by atoms with Crippen LogP contribution >= 0.6 is 43.6 Å². The normalized spacial score (nSPS) is 13.2. The van der Waals surface area contributed by atoms with E-state index < -0.39 is 39.8 Å². The SMILES string of the molecule is Fc1ccccc1-c1c(Br)cc(Br)cc1SC(F)(F)C(F)(F)C(F)(F)F. The highest BCUT2D eigenvalue weighted by molar-refractivity contribution is 9.11. The largest absolute Gasteiger partial charge is 0.460 e. The van der Waals surface area contributed by atoms with Crippen LogP contribution in [0.1, 0.15) is 0 Å². The summed E-state index contributed by atoms with van der Waals surface area (Å²) in [7, 11) is 0. The van der Waals surface area contributed by atoms with E-state index in [-0.39, 0.29) is 20.1 Å². The number of hydrogen-bond acceptors (Lipinski definition) is 1. The maximum absolute atomic E-state index is 14.0. The van der Waals surface area contributed by atoms with Crippen LogP contribution in [0.4, 0.5) is 35.1 Å². The van der Waals surface area contributed by atoms with E-state index in [2.05, 4.69) is 31.9 Å². The predicted octanol–water partition coefficient (Wildman–Crippen LogP) is 7.90. The van der Waals surface area contributed by atoms with E-state index in [1.165, 1.54) is 24.3 Å². The molecule has 0 fully saturated rings. The third-order valence-corrected chi connectivity index (χ3v) is 5.26. The molecule has 0 bridgehead atoms. The Bertz CT molecular complexity index is 820. The average Bonchev–Trinajstić information content (AvgIpc) is 2.46. The van der Waals surface area contributed by atoms with Crippen molar-refractivity contribution in [2.75, 3.05) is 0 Å². The lowest BCUT2D eigenvalue weighted by Gasteiger charge is -2.28. The molecule has 0 aliphatic carbocycles. The molecule has 0 atom stereocenters. The molecular weight excluding hydrogens is 524 g/mol. The lowest BCUT2D eigenvalue weighted by atomic mass is 10.1. The van der Waals surface area contributed by atoms with Crippen LogP contribution in [0.3, 0.4) is 0 Å². The Morgan fingerprint density at radius 2 is 1.42 bits per heavy atom. The van der Waals surface area contributed by atoms with Gasteiger partial charge in [0.15, 0.2) is 0 Å². The molecular formula is C15H6Br2F8S. The van der Waals surface area contributed by atoms with Crippen LogP contribution in [-0.2, 0) is 0 Å². The van der Waals surface area contributed by atoms with Crippen molar-refractivity contribution in [2.45, 2.75) is 22.2 Å². The zero-order valence-electron chi connectivity index (χ0n) is 12.2. The minimum Gasteiger partial charge on any atom is -0.206 e. The second-order valence-corrected chi connectivity index (χ2v) is 7.86. The Balaban J connectivity index is 2.63. The van der Waals surface area contributed by atoms with E-state index in [4.69, 9.17) is 0 Å². The van der Waals surface area contributed by atoms with E-state index >= 15 is 0 Å². The van der Waals surface area contributed by atoms with Gasteiger partial charge in [-0.25, -0.2) is 4.39 Å². The predicted molar refractivity (Wildman–Crippen MR) is 89.0 cm³/mol. The third-order valence-electron chi connectivity index (χ3n) is 3.12. The maximum atomic E-state index is 14.0. The average molecular weight is 530 g/mol. The van der Waals surface area contributed by atoms with Gasteiger partial charge in [0.1, 0.15) is 5.82 Å². The van der Waals surface area contributed by atoms with Gasteiger partial charge in [-0.05, 0) is 30.0 Å². The summed E-state index contributed by atoms with van der Waals surface area (Å²) >= 11 is 4.95. The van der Waals surface area contributed by atoms with Crippen molar-refractivity contribution < 1.29 is 35.1 Å². The van der Waals surface area contributed by atoms with Crippen LogP contribution in [0, 0.1) is 5.82 Å². The molecule has 142 valence electrons. The Morgan fingerprint density at radius 3 is 1.96 bits per heavy atom. The summed E-state index contributed by atoms with van der Waals surface area (Å²) in [6.07, 6.45) is -6.45. The highest BCUT2D eigenvalue weighted by atomic mass is 79.9. The first kappa shape index (κ1) is 21.5. The summed E-state index contributed by atoms with van der Waals surface area (Å²) < 4.78 is 105. The Morgan fingerprint density at radius 1 is 0.846 bits per heavy atom. The monoisotopic (exact) mass is 528 g/mol. The van der Waals surface area contributed by atoms with Crippen molar-refractivity contribution in [2.24, 2.45) is 0 Å². The van der Waals surface area contributed by atoms with Crippen LogP contribution in [0.2, 0.25) is 0 Å². The van der Waals surface area contributed by atoms with Crippen molar-refractivity contribution in [3.8, 4) is 11.1 Å². The molecule has 0 amide bonds. The molecule has 0 nitrogen and oxygen atoms in total. The molecule has 0 saturated carbocycles. The number of thioether (sulfide) groups is 1. The van der Waals surface area contributed by atoms with Crippen LogP contribution in [0.25, 0.3) is 11.1 Å². The van der Waals surface area contributed by atoms with E-state index in [1.54, 1.807) is 0 Å². The summed E-state index contributed by atoms with van der Waals surface area (Å²) in [5.74, 6) is -7.14. The van der Waals surface area contributed by atoms with Gasteiger partial charge in [0, 0.05) is 25.0 Å². The molecule has 0 radical (unpaired) electrons. The minimum atomic E-state index is -6.45. The van der Waals surface area contributed by atoms with Gasteiger partial charge >= 0.3 is 17.4 Å². The van der Waals surface area contributed by atoms with Gasteiger partial charge in [-0.15, -0.1) is 0 Å². The van der Waals surface area contributed by atoms with Gasteiger partial charge in [0.25, 0.3) is 0 Å². The first-order valence-electron chi connectivity index (χ1n) is 6.53. The van der Waals surface area contributed by atoms with Crippen molar-refractivity contribution in [3.05, 3.63) is 51.2 Å². The molecule has 0 aliphatic heterocycles. The highest BCUT2D eigenvalue weighted by Crippen LogP contribution is 2.56. The third kappa shape index (κ3) is 4.04. The molecule has 2 aromatic carbocycles.